The molecule has 2 N–H and O–H groups in total. The fourth-order valence-electron chi connectivity index (χ4n) is 0.685. The summed E-state index contributed by atoms with van der Waals surface area (Å²) in [5, 5.41) is 0.569. The van der Waals surface area contributed by atoms with Gasteiger partial charge in [0.2, 0.25) is 0 Å². The lowest BCUT2D eigenvalue weighted by molar-refractivity contribution is 1.22. The van der Waals surface area contributed by atoms with Gasteiger partial charge in [-0.3, -0.25) is 0 Å². The third-order valence-electron chi connectivity index (χ3n) is 1.54. The molecule has 0 saturated carbocycles. The number of halogens is 1. The number of pyridine rings is 1. The van der Waals surface area contributed by atoms with Gasteiger partial charge in [0, 0.05) is 6.20 Å². The first-order valence-corrected chi connectivity index (χ1v) is 3.38. The Hall–Kier alpha value is -0.760. The van der Waals surface area contributed by atoms with E-state index in [0.717, 1.165) is 11.1 Å². The van der Waals surface area contributed by atoms with Crippen LogP contribution in [0.15, 0.2) is 6.20 Å². The van der Waals surface area contributed by atoms with Crippen molar-refractivity contribution in [1.82, 2.24) is 4.98 Å². The van der Waals surface area contributed by atoms with E-state index in [1.54, 1.807) is 6.20 Å². The summed E-state index contributed by atoms with van der Waals surface area (Å²) in [5.41, 5.74) is 7.52. The number of aromatic nitrogens is 1. The molecule has 2 nitrogen and oxygen atoms in total. The summed E-state index contributed by atoms with van der Waals surface area (Å²) in [4.78, 5) is 3.88. The first-order chi connectivity index (χ1) is 4.63. The van der Waals surface area contributed by atoms with E-state index in [0.29, 0.717) is 10.8 Å². The van der Waals surface area contributed by atoms with Crippen LogP contribution in [0.1, 0.15) is 11.1 Å². The molecular formula is C7H9ClN2. The normalized spacial score (nSPS) is 9.90. The van der Waals surface area contributed by atoms with Crippen LogP contribution in [0.5, 0.6) is 0 Å². The molecule has 1 rings (SSSR count). The quantitative estimate of drug-likeness (QED) is 0.624. The number of nitrogens with zero attached hydrogens (tertiary/aromatic N) is 1. The molecule has 0 fully saturated rings. The van der Waals surface area contributed by atoms with Crippen LogP contribution in [-0.2, 0) is 0 Å². The lowest BCUT2D eigenvalue weighted by Gasteiger charge is -2.02. The van der Waals surface area contributed by atoms with E-state index in [9.17, 15) is 0 Å². The predicted molar refractivity (Wildman–Crippen MR) is 43.1 cm³/mol. The summed E-state index contributed by atoms with van der Waals surface area (Å²) in [6.45, 7) is 3.88. The number of nitrogen functional groups attached to an aromatic ring is 1. The largest absolute Gasteiger partial charge is 0.382 e. The Morgan fingerprint density at radius 2 is 2.10 bits per heavy atom. The molecule has 0 amide bonds. The molecule has 1 heterocycles. The maximum atomic E-state index is 5.80. The van der Waals surface area contributed by atoms with E-state index >= 15 is 0 Å². The lowest BCUT2D eigenvalue weighted by atomic mass is 10.2. The fourth-order valence-corrected chi connectivity index (χ4v) is 0.883. The van der Waals surface area contributed by atoms with Crippen molar-refractivity contribution < 1.29 is 0 Å². The van der Waals surface area contributed by atoms with Gasteiger partial charge >= 0.3 is 0 Å². The monoisotopic (exact) mass is 156 g/mol. The third kappa shape index (κ3) is 1.07. The Bertz CT molecular complexity index is 231. The Balaban J connectivity index is 3.34. The van der Waals surface area contributed by atoms with Gasteiger partial charge in [-0.05, 0) is 25.0 Å². The van der Waals surface area contributed by atoms with Crippen LogP contribution in [-0.4, -0.2) is 4.98 Å². The zero-order valence-electron chi connectivity index (χ0n) is 5.98. The summed E-state index contributed by atoms with van der Waals surface area (Å²) in [7, 11) is 0. The molecule has 0 spiro atoms. The van der Waals surface area contributed by atoms with E-state index in [1.165, 1.54) is 0 Å². The predicted octanol–water partition coefficient (Wildman–Crippen LogP) is 1.93. The van der Waals surface area contributed by atoms with E-state index < -0.39 is 0 Å². The second-order valence-electron chi connectivity index (χ2n) is 2.27. The van der Waals surface area contributed by atoms with Gasteiger partial charge in [-0.2, -0.15) is 0 Å². The van der Waals surface area contributed by atoms with Gasteiger partial charge in [0.05, 0.1) is 5.02 Å². The molecule has 0 aliphatic heterocycles. The Morgan fingerprint density at radius 3 is 2.60 bits per heavy atom. The van der Waals surface area contributed by atoms with Crippen molar-refractivity contribution in [2.24, 2.45) is 0 Å². The summed E-state index contributed by atoms with van der Waals surface area (Å²) in [6, 6.07) is 0. The lowest BCUT2D eigenvalue weighted by Crippen LogP contribution is -1.94. The maximum absolute atomic E-state index is 5.80. The van der Waals surface area contributed by atoms with Crippen LogP contribution in [0.25, 0.3) is 0 Å². The van der Waals surface area contributed by atoms with Crippen molar-refractivity contribution in [2.75, 3.05) is 5.73 Å². The summed E-state index contributed by atoms with van der Waals surface area (Å²) in [5.74, 6) is 0.407. The molecule has 0 aliphatic rings. The fraction of sp³-hybridized carbons (Fsp3) is 0.286. The number of hydrogen-bond donors (Lipinski definition) is 1. The van der Waals surface area contributed by atoms with E-state index in [-0.39, 0.29) is 0 Å². The van der Waals surface area contributed by atoms with E-state index in [2.05, 4.69) is 4.98 Å². The highest BCUT2D eigenvalue weighted by Crippen LogP contribution is 2.22. The average molecular weight is 157 g/mol. The van der Waals surface area contributed by atoms with E-state index in [4.69, 9.17) is 17.3 Å². The molecule has 10 heavy (non-hydrogen) atoms. The van der Waals surface area contributed by atoms with Crippen molar-refractivity contribution in [3.8, 4) is 0 Å². The Kier molecular flexibility index (Phi) is 1.81. The van der Waals surface area contributed by atoms with Crippen LogP contribution in [0, 0.1) is 13.8 Å². The van der Waals surface area contributed by atoms with Gasteiger partial charge in [-0.1, -0.05) is 11.6 Å². The van der Waals surface area contributed by atoms with Crippen LogP contribution in [0.4, 0.5) is 5.82 Å². The van der Waals surface area contributed by atoms with Crippen molar-refractivity contribution in [3.05, 3.63) is 22.3 Å². The van der Waals surface area contributed by atoms with Crippen LogP contribution >= 0.6 is 11.6 Å². The number of rotatable bonds is 0. The highest BCUT2D eigenvalue weighted by molar-refractivity contribution is 6.33. The molecule has 54 valence electrons. The van der Waals surface area contributed by atoms with E-state index in [1.807, 2.05) is 13.8 Å². The summed E-state index contributed by atoms with van der Waals surface area (Å²) in [6.07, 6.45) is 1.72. The molecule has 3 heteroatoms. The first kappa shape index (κ1) is 7.35. The molecule has 0 atom stereocenters. The maximum Gasteiger partial charge on any atom is 0.142 e. The Labute approximate surface area is 65.0 Å². The van der Waals surface area contributed by atoms with Gasteiger partial charge in [-0.15, -0.1) is 0 Å². The highest BCUT2D eigenvalue weighted by Gasteiger charge is 2.02. The number of aryl methyl sites for hydroxylation is 1. The van der Waals surface area contributed by atoms with Crippen LogP contribution in [0.3, 0.4) is 0 Å². The van der Waals surface area contributed by atoms with Crippen molar-refractivity contribution in [3.63, 3.8) is 0 Å². The van der Waals surface area contributed by atoms with Crippen molar-refractivity contribution >= 4 is 17.4 Å². The van der Waals surface area contributed by atoms with Crippen LogP contribution in [0.2, 0.25) is 5.02 Å². The number of hydrogen-bond acceptors (Lipinski definition) is 2. The van der Waals surface area contributed by atoms with Gasteiger partial charge in [0.25, 0.3) is 0 Å². The number of anilines is 1. The average Bonchev–Trinajstić information content (AvgIpc) is 1.93. The second-order valence-corrected chi connectivity index (χ2v) is 2.64. The minimum absolute atomic E-state index is 0.407. The molecule has 0 aromatic carbocycles. The second kappa shape index (κ2) is 2.46. The van der Waals surface area contributed by atoms with Crippen LogP contribution < -0.4 is 5.73 Å². The summed E-state index contributed by atoms with van der Waals surface area (Å²) >= 11 is 5.80. The molecular weight excluding hydrogens is 148 g/mol. The molecule has 0 aliphatic carbocycles. The standard InChI is InChI=1S/C7H9ClN2/c1-4-3-10-7(9)6(8)5(4)2/h3H,1-2H3,(H2,9,10). The van der Waals surface area contributed by atoms with Gasteiger partial charge in [0.1, 0.15) is 5.82 Å². The van der Waals surface area contributed by atoms with Gasteiger partial charge in [-0.25, -0.2) is 4.98 Å². The Morgan fingerprint density at radius 1 is 1.50 bits per heavy atom. The molecule has 0 saturated heterocycles. The molecule has 1 aromatic rings. The minimum atomic E-state index is 0.407. The smallest absolute Gasteiger partial charge is 0.142 e. The molecule has 0 unspecified atom stereocenters. The third-order valence-corrected chi connectivity index (χ3v) is 2.02. The SMILES string of the molecule is Cc1cnc(N)c(Cl)c1C. The zero-order valence-corrected chi connectivity index (χ0v) is 6.74. The van der Waals surface area contributed by atoms with Gasteiger partial charge in [0.15, 0.2) is 0 Å². The first-order valence-electron chi connectivity index (χ1n) is 3.00. The summed E-state index contributed by atoms with van der Waals surface area (Å²) < 4.78 is 0. The molecule has 1 aromatic heterocycles. The highest BCUT2D eigenvalue weighted by atomic mass is 35.5. The zero-order chi connectivity index (χ0) is 7.72. The minimum Gasteiger partial charge on any atom is -0.382 e. The number of nitrogens with two attached hydrogens (primary N) is 1. The van der Waals surface area contributed by atoms with Crippen molar-refractivity contribution in [1.29, 1.82) is 0 Å². The topological polar surface area (TPSA) is 38.9 Å². The molecule has 0 radical (unpaired) electrons. The van der Waals surface area contributed by atoms with Gasteiger partial charge < -0.3 is 5.73 Å². The molecule has 0 bridgehead atoms. The van der Waals surface area contributed by atoms with Crippen molar-refractivity contribution in [2.45, 2.75) is 13.8 Å².